The third-order valence-corrected chi connectivity index (χ3v) is 6.96. The lowest BCUT2D eigenvalue weighted by atomic mass is 9.87. The molecule has 2 aromatic carbocycles. The number of nitrogens with one attached hydrogen (secondary N) is 1. The van der Waals surface area contributed by atoms with Gasteiger partial charge < -0.3 is 20.0 Å². The van der Waals surface area contributed by atoms with Gasteiger partial charge in [0.25, 0.3) is 0 Å². The zero-order valence-corrected chi connectivity index (χ0v) is 21.2. The zero-order valence-electron chi connectivity index (χ0n) is 21.2. The maximum atomic E-state index is 13.8. The van der Waals surface area contributed by atoms with Crippen LogP contribution in [0.15, 0.2) is 48.5 Å². The van der Waals surface area contributed by atoms with Crippen molar-refractivity contribution in [3.05, 3.63) is 65.2 Å². The van der Waals surface area contributed by atoms with Gasteiger partial charge in [-0.1, -0.05) is 48.0 Å². The predicted octanol–water partition coefficient (Wildman–Crippen LogP) is 4.18. The summed E-state index contributed by atoms with van der Waals surface area (Å²) in [7, 11) is 0. The largest absolute Gasteiger partial charge is 0.368 e. The molecule has 6 heteroatoms. The Morgan fingerprint density at radius 1 is 0.853 bits per heavy atom. The molecule has 0 radical (unpaired) electrons. The highest BCUT2D eigenvalue weighted by Gasteiger charge is 2.43. The van der Waals surface area contributed by atoms with Crippen LogP contribution in [0, 0.1) is 19.8 Å². The Morgan fingerprint density at radius 3 is 2.12 bits per heavy atom. The molecule has 2 aliphatic rings. The van der Waals surface area contributed by atoms with E-state index in [1.165, 1.54) is 16.8 Å². The Morgan fingerprint density at radius 2 is 1.50 bits per heavy atom. The molecule has 0 spiro atoms. The number of carbonyl (C=O) groups is 2. The van der Waals surface area contributed by atoms with Crippen molar-refractivity contribution in [3.63, 3.8) is 0 Å². The number of carbonyl (C=O) groups excluding carboxylic acids is 2. The van der Waals surface area contributed by atoms with Gasteiger partial charge in [0, 0.05) is 56.4 Å². The zero-order chi connectivity index (χ0) is 24.5. The van der Waals surface area contributed by atoms with Gasteiger partial charge in [-0.05, 0) is 51.8 Å². The number of likely N-dealkylation sites (tertiary alicyclic amines) is 1. The summed E-state index contributed by atoms with van der Waals surface area (Å²) in [6, 6.07) is 16.7. The number of anilines is 1. The van der Waals surface area contributed by atoms with E-state index in [1.807, 2.05) is 30.6 Å². The molecule has 0 saturated carbocycles. The second-order valence-electron chi connectivity index (χ2n) is 10.8. The summed E-state index contributed by atoms with van der Waals surface area (Å²) in [4.78, 5) is 32.9. The number of aryl methyl sites for hydroxylation is 2. The number of piperazine rings is 1. The molecule has 2 aromatic rings. The molecule has 0 unspecified atom stereocenters. The van der Waals surface area contributed by atoms with E-state index in [4.69, 9.17) is 0 Å². The van der Waals surface area contributed by atoms with Gasteiger partial charge in [0.2, 0.25) is 5.91 Å². The first-order valence-corrected chi connectivity index (χ1v) is 12.4. The number of benzene rings is 2. The van der Waals surface area contributed by atoms with Gasteiger partial charge in [-0.3, -0.25) is 4.79 Å². The molecular formula is C28H38N4O2. The molecule has 3 amide bonds. The van der Waals surface area contributed by atoms with Crippen molar-refractivity contribution in [2.24, 2.45) is 5.92 Å². The summed E-state index contributed by atoms with van der Waals surface area (Å²) >= 11 is 0. The van der Waals surface area contributed by atoms with E-state index in [9.17, 15) is 9.59 Å². The Bertz CT molecular complexity index is 1020. The number of hydrogen-bond acceptors (Lipinski definition) is 3. The Balaban J connectivity index is 1.49. The van der Waals surface area contributed by atoms with Crippen LogP contribution in [-0.4, -0.2) is 66.5 Å². The summed E-state index contributed by atoms with van der Waals surface area (Å²) in [5, 5.41) is 3.07. The first-order valence-electron chi connectivity index (χ1n) is 12.4. The minimum Gasteiger partial charge on any atom is -0.368 e. The van der Waals surface area contributed by atoms with Gasteiger partial charge in [-0.15, -0.1) is 0 Å². The van der Waals surface area contributed by atoms with Crippen LogP contribution >= 0.6 is 0 Å². The molecule has 2 saturated heterocycles. The van der Waals surface area contributed by atoms with Crippen LogP contribution in [0.3, 0.4) is 0 Å². The first kappa shape index (κ1) is 24.1. The van der Waals surface area contributed by atoms with Gasteiger partial charge in [0.05, 0.1) is 5.92 Å². The van der Waals surface area contributed by atoms with E-state index < -0.39 is 0 Å². The average molecular weight is 463 g/mol. The Hall–Kier alpha value is -3.02. The molecule has 4 rings (SSSR count). The normalized spacial score (nSPS) is 21.0. The van der Waals surface area contributed by atoms with Gasteiger partial charge in [0.1, 0.15) is 0 Å². The van der Waals surface area contributed by atoms with E-state index in [0.717, 1.165) is 18.7 Å². The van der Waals surface area contributed by atoms with Crippen molar-refractivity contribution in [3.8, 4) is 0 Å². The fraction of sp³-hybridized carbons (Fsp3) is 0.500. The highest BCUT2D eigenvalue weighted by Crippen LogP contribution is 2.35. The maximum absolute atomic E-state index is 13.8. The molecule has 6 nitrogen and oxygen atoms in total. The van der Waals surface area contributed by atoms with E-state index >= 15 is 0 Å². The first-order chi connectivity index (χ1) is 16.1. The Labute approximate surface area is 203 Å². The van der Waals surface area contributed by atoms with Crippen molar-refractivity contribution in [1.82, 2.24) is 15.1 Å². The second kappa shape index (κ2) is 9.69. The fourth-order valence-corrected chi connectivity index (χ4v) is 5.09. The molecular weight excluding hydrogens is 424 g/mol. The summed E-state index contributed by atoms with van der Waals surface area (Å²) in [5.74, 6) is -0.0484. The molecule has 182 valence electrons. The van der Waals surface area contributed by atoms with Crippen molar-refractivity contribution in [2.45, 2.75) is 46.1 Å². The summed E-state index contributed by atoms with van der Waals surface area (Å²) in [5.41, 5.74) is 4.52. The van der Waals surface area contributed by atoms with Crippen molar-refractivity contribution >= 4 is 17.6 Å². The highest BCUT2D eigenvalue weighted by molar-refractivity contribution is 5.83. The number of amides is 3. The predicted molar refractivity (Wildman–Crippen MR) is 137 cm³/mol. The monoisotopic (exact) mass is 462 g/mol. The number of nitrogens with zero attached hydrogens (tertiary/aromatic N) is 3. The van der Waals surface area contributed by atoms with Crippen LogP contribution in [0.4, 0.5) is 10.5 Å². The van der Waals surface area contributed by atoms with Crippen LogP contribution in [0.25, 0.3) is 0 Å². The lowest BCUT2D eigenvalue weighted by molar-refractivity contribution is -0.135. The van der Waals surface area contributed by atoms with Crippen LogP contribution in [0.1, 0.15) is 43.4 Å². The topological polar surface area (TPSA) is 55.9 Å². The average Bonchev–Trinajstić information content (AvgIpc) is 3.24. The third-order valence-electron chi connectivity index (χ3n) is 6.96. The molecule has 2 heterocycles. The summed E-state index contributed by atoms with van der Waals surface area (Å²) < 4.78 is 0. The summed E-state index contributed by atoms with van der Waals surface area (Å²) in [6.45, 7) is 14.2. The van der Waals surface area contributed by atoms with Gasteiger partial charge >= 0.3 is 6.03 Å². The number of urea groups is 1. The maximum Gasteiger partial charge on any atom is 0.317 e. The highest BCUT2D eigenvalue weighted by atomic mass is 16.2. The van der Waals surface area contributed by atoms with Crippen LogP contribution < -0.4 is 10.2 Å². The quantitative estimate of drug-likeness (QED) is 0.745. The third kappa shape index (κ3) is 5.37. The molecule has 0 bridgehead atoms. The van der Waals surface area contributed by atoms with Crippen LogP contribution in [0.2, 0.25) is 0 Å². The molecule has 2 aliphatic heterocycles. The number of rotatable bonds is 3. The van der Waals surface area contributed by atoms with Crippen molar-refractivity contribution in [1.29, 1.82) is 0 Å². The summed E-state index contributed by atoms with van der Waals surface area (Å²) in [6.07, 6.45) is 0. The number of hydrogen-bond donors (Lipinski definition) is 1. The minimum atomic E-state index is -0.315. The smallest absolute Gasteiger partial charge is 0.317 e. The van der Waals surface area contributed by atoms with Crippen molar-refractivity contribution in [2.75, 3.05) is 44.2 Å². The fourth-order valence-electron chi connectivity index (χ4n) is 5.09. The Kier molecular flexibility index (Phi) is 6.87. The second-order valence-corrected chi connectivity index (χ2v) is 10.8. The van der Waals surface area contributed by atoms with E-state index in [1.54, 1.807) is 0 Å². The molecule has 0 aromatic heterocycles. The minimum absolute atomic E-state index is 0.00761. The van der Waals surface area contributed by atoms with E-state index in [2.05, 4.69) is 72.6 Å². The van der Waals surface area contributed by atoms with Crippen LogP contribution in [-0.2, 0) is 4.79 Å². The standard InChI is InChI=1S/C28H38N4O2/c1-20-10-12-22(13-11-20)23-18-32(27(34)29-28(3,4)5)19-24(23)26(33)31-16-14-30(15-17-31)25-9-7-6-8-21(25)2/h6-13,23-24H,14-19H2,1-5H3,(H,29,34)/t23-,24-/m0/s1. The van der Waals surface area contributed by atoms with E-state index in [-0.39, 0.29) is 29.3 Å². The van der Waals surface area contributed by atoms with Crippen molar-refractivity contribution < 1.29 is 9.59 Å². The molecule has 1 N–H and O–H groups in total. The van der Waals surface area contributed by atoms with Gasteiger partial charge in [0.15, 0.2) is 0 Å². The van der Waals surface area contributed by atoms with E-state index in [0.29, 0.717) is 26.2 Å². The van der Waals surface area contributed by atoms with Crippen LogP contribution in [0.5, 0.6) is 0 Å². The lowest BCUT2D eigenvalue weighted by Crippen LogP contribution is -2.51. The lowest BCUT2D eigenvalue weighted by Gasteiger charge is -2.38. The molecule has 2 atom stereocenters. The number of para-hydroxylation sites is 1. The van der Waals surface area contributed by atoms with Gasteiger partial charge in [-0.2, -0.15) is 0 Å². The molecule has 0 aliphatic carbocycles. The van der Waals surface area contributed by atoms with Gasteiger partial charge in [-0.25, -0.2) is 4.79 Å². The molecule has 2 fully saturated rings. The SMILES string of the molecule is Cc1ccc([C@@H]2CN(C(=O)NC(C)(C)C)C[C@@H]2C(=O)N2CCN(c3ccccc3C)CC2)cc1. The molecule has 34 heavy (non-hydrogen) atoms.